The maximum Gasteiger partial charge on any atom is 0.454 e. The highest BCUT2D eigenvalue weighted by molar-refractivity contribution is 6.10. The van der Waals surface area contributed by atoms with Crippen molar-refractivity contribution in [3.8, 4) is 5.75 Å². The largest absolute Gasteiger partial charge is 0.491 e. The van der Waals surface area contributed by atoms with Gasteiger partial charge in [0.2, 0.25) is 0 Å². The summed E-state index contributed by atoms with van der Waals surface area (Å²) in [6, 6.07) is 10.3. The lowest BCUT2D eigenvalue weighted by Gasteiger charge is -2.35. The minimum absolute atomic E-state index is 0.198. The molecular weight excluding hydrogens is 471 g/mol. The first kappa shape index (κ1) is 24.0. The van der Waals surface area contributed by atoms with E-state index in [4.69, 9.17) is 9.73 Å². The lowest BCUT2D eigenvalue weighted by atomic mass is 9.87. The van der Waals surface area contributed by atoms with Crippen LogP contribution in [0.1, 0.15) is 45.2 Å². The Hall–Kier alpha value is -3.72. The van der Waals surface area contributed by atoms with Crippen LogP contribution in [0.25, 0.3) is 0 Å². The molecule has 0 fully saturated rings. The van der Waals surface area contributed by atoms with Crippen LogP contribution in [0.5, 0.6) is 5.75 Å². The van der Waals surface area contributed by atoms with Gasteiger partial charge >= 0.3 is 6.18 Å². The molecule has 2 bridgehead atoms. The van der Waals surface area contributed by atoms with E-state index in [0.29, 0.717) is 12.3 Å². The van der Waals surface area contributed by atoms with E-state index in [-0.39, 0.29) is 24.6 Å². The minimum Gasteiger partial charge on any atom is -0.491 e. The summed E-state index contributed by atoms with van der Waals surface area (Å²) in [5.74, 6) is -1.62. The number of allylic oxidation sites excluding steroid dienone is 2. The zero-order valence-electron chi connectivity index (χ0n) is 19.6. The summed E-state index contributed by atoms with van der Waals surface area (Å²) in [4.78, 5) is 31.1. The fraction of sp³-hybridized carbons (Fsp3) is 0.296. The molecule has 0 saturated carbocycles. The van der Waals surface area contributed by atoms with E-state index in [1.807, 2.05) is 31.2 Å². The maximum atomic E-state index is 13.1. The molecule has 1 aliphatic carbocycles. The number of carbonyl (C=O) groups is 2. The second kappa shape index (κ2) is 9.05. The molecule has 6 nitrogen and oxygen atoms in total. The van der Waals surface area contributed by atoms with E-state index in [0.717, 1.165) is 41.9 Å². The SMILES string of the molecule is CCNC12C=C(C=CC(c3ccc4c(c3)CN(C(=O)c3ccc(C(=O)C(F)(F)F)cc3)CCO4)=N1)C2. The number of likely N-dealkylation sites (N-methyl/N-ethyl adjacent to an activating group) is 1. The summed E-state index contributed by atoms with van der Waals surface area (Å²) in [6.07, 6.45) is 2.05. The monoisotopic (exact) mass is 495 g/mol. The lowest BCUT2D eigenvalue weighted by Crippen LogP contribution is -2.47. The van der Waals surface area contributed by atoms with E-state index in [2.05, 4.69) is 17.5 Å². The highest BCUT2D eigenvalue weighted by Gasteiger charge is 2.39. The van der Waals surface area contributed by atoms with E-state index >= 15 is 0 Å². The number of benzene rings is 2. The van der Waals surface area contributed by atoms with Crippen molar-refractivity contribution >= 4 is 17.4 Å². The highest BCUT2D eigenvalue weighted by atomic mass is 19.4. The molecule has 1 atom stereocenters. The second-order valence-corrected chi connectivity index (χ2v) is 8.98. The van der Waals surface area contributed by atoms with Gasteiger partial charge in [0.05, 0.1) is 12.3 Å². The molecule has 2 aromatic rings. The van der Waals surface area contributed by atoms with Crippen molar-refractivity contribution in [2.24, 2.45) is 4.99 Å². The van der Waals surface area contributed by atoms with Gasteiger partial charge in [-0.25, -0.2) is 0 Å². The van der Waals surface area contributed by atoms with Gasteiger partial charge in [-0.05, 0) is 54.6 Å². The van der Waals surface area contributed by atoms with E-state index < -0.39 is 23.2 Å². The van der Waals surface area contributed by atoms with Crippen molar-refractivity contribution in [2.75, 3.05) is 19.7 Å². The zero-order chi connectivity index (χ0) is 25.5. The zero-order valence-corrected chi connectivity index (χ0v) is 19.6. The number of carbonyl (C=O) groups excluding carboxylic acids is 2. The number of nitrogens with zero attached hydrogens (tertiary/aromatic N) is 2. The van der Waals surface area contributed by atoms with Crippen molar-refractivity contribution in [2.45, 2.75) is 31.7 Å². The van der Waals surface area contributed by atoms with Gasteiger partial charge in [0.1, 0.15) is 18.0 Å². The molecular formula is C27H24F3N3O3. The number of alkyl halides is 3. The number of aliphatic imine (C=N–C) groups is 1. The van der Waals surface area contributed by atoms with E-state index in [1.165, 1.54) is 17.7 Å². The number of halogens is 3. The summed E-state index contributed by atoms with van der Waals surface area (Å²) in [6.45, 7) is 3.69. The van der Waals surface area contributed by atoms with Crippen LogP contribution in [0.15, 0.2) is 71.3 Å². The fourth-order valence-electron chi connectivity index (χ4n) is 4.66. The molecule has 186 valence electrons. The Kier molecular flexibility index (Phi) is 6.04. The van der Waals surface area contributed by atoms with Crippen molar-refractivity contribution in [3.05, 3.63) is 88.5 Å². The van der Waals surface area contributed by atoms with Gasteiger partial charge in [-0.1, -0.05) is 25.1 Å². The summed E-state index contributed by atoms with van der Waals surface area (Å²) in [5, 5.41) is 3.43. The summed E-state index contributed by atoms with van der Waals surface area (Å²) < 4.78 is 43.9. The summed E-state index contributed by atoms with van der Waals surface area (Å²) in [7, 11) is 0. The van der Waals surface area contributed by atoms with Gasteiger partial charge in [0, 0.05) is 35.2 Å². The quantitative estimate of drug-likeness (QED) is 0.622. The number of nitrogens with one attached hydrogen (secondary N) is 1. The Bertz CT molecular complexity index is 1310. The number of fused-ring (bicyclic) bond motifs is 2. The molecule has 0 spiro atoms. The van der Waals surface area contributed by atoms with Gasteiger partial charge in [-0.15, -0.1) is 0 Å². The molecule has 1 unspecified atom stereocenters. The first-order valence-electron chi connectivity index (χ1n) is 11.7. The van der Waals surface area contributed by atoms with Crippen molar-refractivity contribution in [3.63, 3.8) is 0 Å². The molecule has 4 aliphatic rings. The third-order valence-corrected chi connectivity index (χ3v) is 6.43. The second-order valence-electron chi connectivity index (χ2n) is 8.98. The predicted octanol–water partition coefficient (Wildman–Crippen LogP) is 4.46. The van der Waals surface area contributed by atoms with Crippen LogP contribution in [-0.4, -0.2) is 53.8 Å². The first-order valence-corrected chi connectivity index (χ1v) is 11.7. The van der Waals surface area contributed by atoms with Gasteiger partial charge in [-0.2, -0.15) is 13.2 Å². The third kappa shape index (κ3) is 4.58. The molecule has 0 radical (unpaired) electrons. The predicted molar refractivity (Wildman–Crippen MR) is 128 cm³/mol. The summed E-state index contributed by atoms with van der Waals surface area (Å²) in [5.41, 5.74) is 3.06. The Morgan fingerprint density at radius 1 is 1.11 bits per heavy atom. The molecule has 6 rings (SSSR count). The third-order valence-electron chi connectivity index (χ3n) is 6.43. The molecule has 9 heteroatoms. The standard InChI is InChI=1S/C27H24F3N3O3/c1-2-31-26-14-17(15-26)3-9-22(32-26)20-8-10-23-21(13-20)16-33(11-12-36-23)25(35)19-6-4-18(5-7-19)24(34)27(28,29)30/h3-10,13-14,31H,2,11-12,15-16H2,1H3. The smallest absolute Gasteiger partial charge is 0.454 e. The number of hydrogen-bond acceptors (Lipinski definition) is 5. The van der Waals surface area contributed by atoms with Crippen molar-refractivity contribution in [1.29, 1.82) is 0 Å². The molecule has 2 aromatic carbocycles. The molecule has 3 aliphatic heterocycles. The number of rotatable bonds is 5. The Balaban J connectivity index is 1.37. The fourth-order valence-corrected chi connectivity index (χ4v) is 4.66. The first-order chi connectivity index (χ1) is 17.2. The molecule has 3 heterocycles. The normalized spacial score (nSPS) is 20.7. The van der Waals surface area contributed by atoms with Crippen LogP contribution in [0, 0.1) is 0 Å². The Morgan fingerprint density at radius 2 is 1.83 bits per heavy atom. The number of ether oxygens (including phenoxy) is 1. The molecule has 0 aromatic heterocycles. The van der Waals surface area contributed by atoms with Gasteiger partial charge in [0.25, 0.3) is 11.7 Å². The number of hydrogen-bond donors (Lipinski definition) is 1. The maximum absolute atomic E-state index is 13.1. The topological polar surface area (TPSA) is 71.0 Å². The van der Waals surface area contributed by atoms with Crippen LogP contribution in [0.3, 0.4) is 0 Å². The highest BCUT2D eigenvalue weighted by Crippen LogP contribution is 2.36. The van der Waals surface area contributed by atoms with Crippen LogP contribution in [0.4, 0.5) is 13.2 Å². The average Bonchev–Trinajstić information content (AvgIpc) is 3.24. The lowest BCUT2D eigenvalue weighted by molar-refractivity contribution is -0.0885. The van der Waals surface area contributed by atoms with E-state index in [9.17, 15) is 22.8 Å². The number of Topliss-reactive ketones (excluding diaryl/α,β-unsaturated/α-hetero) is 1. The molecule has 1 N–H and O–H groups in total. The van der Waals surface area contributed by atoms with Crippen molar-refractivity contribution < 1.29 is 27.5 Å². The molecule has 1 amide bonds. The van der Waals surface area contributed by atoms with Crippen LogP contribution < -0.4 is 10.1 Å². The average molecular weight is 496 g/mol. The van der Waals surface area contributed by atoms with Gasteiger partial charge in [0.15, 0.2) is 0 Å². The van der Waals surface area contributed by atoms with Crippen LogP contribution in [-0.2, 0) is 6.54 Å². The van der Waals surface area contributed by atoms with Gasteiger partial charge < -0.3 is 9.64 Å². The van der Waals surface area contributed by atoms with Gasteiger partial charge in [-0.3, -0.25) is 19.9 Å². The van der Waals surface area contributed by atoms with E-state index in [1.54, 1.807) is 4.90 Å². The summed E-state index contributed by atoms with van der Waals surface area (Å²) >= 11 is 0. The van der Waals surface area contributed by atoms with Crippen LogP contribution in [0.2, 0.25) is 0 Å². The van der Waals surface area contributed by atoms with Crippen LogP contribution >= 0.6 is 0 Å². The molecule has 36 heavy (non-hydrogen) atoms. The Morgan fingerprint density at radius 3 is 2.53 bits per heavy atom. The number of amides is 1. The molecule has 0 saturated heterocycles. The minimum atomic E-state index is -4.96. The Labute approximate surface area is 206 Å². The van der Waals surface area contributed by atoms with Crippen molar-refractivity contribution in [1.82, 2.24) is 10.2 Å². The number of ketones is 1.